The van der Waals surface area contributed by atoms with Gasteiger partial charge in [0.15, 0.2) is 0 Å². The maximum absolute atomic E-state index is 12.4. The van der Waals surface area contributed by atoms with Crippen molar-refractivity contribution in [1.29, 1.82) is 0 Å². The Morgan fingerprint density at radius 2 is 2.00 bits per heavy atom. The third-order valence-electron chi connectivity index (χ3n) is 1.84. The van der Waals surface area contributed by atoms with Crippen LogP contribution in [0.4, 0.5) is 17.6 Å². The van der Waals surface area contributed by atoms with Gasteiger partial charge >= 0.3 is 18.1 Å². The Balaban J connectivity index is 4.51. The fourth-order valence-corrected chi connectivity index (χ4v) is 0.982. The van der Waals surface area contributed by atoms with E-state index in [0.29, 0.717) is 0 Å². The van der Waals surface area contributed by atoms with E-state index in [1.165, 1.54) is 6.08 Å². The molecule has 0 aliphatic rings. The van der Waals surface area contributed by atoms with Crippen LogP contribution >= 0.6 is 0 Å². The molecule has 4 nitrogen and oxygen atoms in total. The smallest absolute Gasteiger partial charge is 0.442 e. The topological polar surface area (TPSA) is 46.6 Å². The van der Waals surface area contributed by atoms with E-state index in [4.69, 9.17) is 6.42 Å². The molecule has 20 heavy (non-hydrogen) atoms. The van der Waals surface area contributed by atoms with Gasteiger partial charge in [-0.1, -0.05) is 12.0 Å². The molecule has 0 atom stereocenters. The lowest BCUT2D eigenvalue weighted by Crippen LogP contribution is -2.38. The highest BCUT2D eigenvalue weighted by atomic mass is 19.4. The van der Waals surface area contributed by atoms with E-state index < -0.39 is 30.5 Å². The molecule has 0 aliphatic heterocycles. The van der Waals surface area contributed by atoms with Crippen molar-refractivity contribution < 1.29 is 31.9 Å². The summed E-state index contributed by atoms with van der Waals surface area (Å²) >= 11 is 0. The Labute approximate surface area is 112 Å². The van der Waals surface area contributed by atoms with Crippen LogP contribution in [0.2, 0.25) is 0 Å². The summed E-state index contributed by atoms with van der Waals surface area (Å²) in [5.41, 5.74) is 0. The van der Waals surface area contributed by atoms with Gasteiger partial charge in [0.25, 0.3) is 0 Å². The zero-order chi connectivity index (χ0) is 15.8. The van der Waals surface area contributed by atoms with E-state index >= 15 is 0 Å². The molecular formula is C12H11F4NO3. The number of alkyl halides is 3. The summed E-state index contributed by atoms with van der Waals surface area (Å²) in [7, 11) is 0. The molecule has 1 amide bonds. The van der Waals surface area contributed by atoms with Gasteiger partial charge in [-0.3, -0.25) is 4.79 Å². The molecule has 0 fully saturated rings. The molecule has 0 aromatic carbocycles. The minimum atomic E-state index is -5.16. The van der Waals surface area contributed by atoms with Crippen LogP contribution in [0.1, 0.15) is 0 Å². The van der Waals surface area contributed by atoms with E-state index in [0.717, 1.165) is 4.90 Å². The summed E-state index contributed by atoms with van der Waals surface area (Å²) in [6.45, 7) is 2.08. The van der Waals surface area contributed by atoms with Crippen molar-refractivity contribution in [1.82, 2.24) is 4.90 Å². The molecule has 0 aliphatic carbocycles. The van der Waals surface area contributed by atoms with Crippen LogP contribution in [0, 0.1) is 12.3 Å². The van der Waals surface area contributed by atoms with E-state index in [9.17, 15) is 27.2 Å². The van der Waals surface area contributed by atoms with Gasteiger partial charge in [0.2, 0.25) is 5.83 Å². The maximum atomic E-state index is 12.4. The zero-order valence-corrected chi connectivity index (χ0v) is 10.2. The van der Waals surface area contributed by atoms with Gasteiger partial charge in [-0.05, 0) is 6.08 Å². The lowest BCUT2D eigenvalue weighted by Gasteiger charge is -2.16. The first-order valence-corrected chi connectivity index (χ1v) is 5.17. The van der Waals surface area contributed by atoms with Crippen molar-refractivity contribution in [2.75, 3.05) is 19.7 Å². The summed E-state index contributed by atoms with van der Waals surface area (Å²) in [5, 5.41) is 0. The molecule has 8 heteroatoms. The van der Waals surface area contributed by atoms with E-state index in [1.807, 2.05) is 0 Å². The Bertz CT molecular complexity index is 449. The highest BCUT2D eigenvalue weighted by Gasteiger charge is 2.34. The Morgan fingerprint density at radius 1 is 1.40 bits per heavy atom. The minimum absolute atomic E-state index is 0.00417. The SMILES string of the molecule is C#CCN(CC=C)C(=O)C(=O)OC/C=C(\F)C(F)(F)F. The van der Waals surface area contributed by atoms with Gasteiger partial charge in [-0.25, -0.2) is 9.18 Å². The summed E-state index contributed by atoms with van der Waals surface area (Å²) in [5.74, 6) is -2.89. The van der Waals surface area contributed by atoms with Crippen molar-refractivity contribution in [3.8, 4) is 12.3 Å². The van der Waals surface area contributed by atoms with Gasteiger partial charge in [-0.15, -0.1) is 13.0 Å². The second-order valence-corrected chi connectivity index (χ2v) is 3.33. The standard InChI is InChI=1S/C12H11F4NO3/c1-3-6-17(7-4-2)10(18)11(19)20-8-5-9(13)12(14,15)16/h1,4-5H,2,6-8H2/b9-5-. The van der Waals surface area contributed by atoms with E-state index in [-0.39, 0.29) is 19.2 Å². The van der Waals surface area contributed by atoms with Crippen molar-refractivity contribution in [3.63, 3.8) is 0 Å². The number of carbonyl (C=O) groups excluding carboxylic acids is 2. The fraction of sp³-hybridized carbons (Fsp3) is 0.333. The summed E-state index contributed by atoms with van der Waals surface area (Å²) < 4.78 is 51.9. The average Bonchev–Trinajstić information content (AvgIpc) is 2.36. The molecule has 0 saturated heterocycles. The molecule has 0 N–H and O–H groups in total. The van der Waals surface area contributed by atoms with Crippen LogP contribution in [0.3, 0.4) is 0 Å². The largest absolute Gasteiger partial charge is 0.454 e. The highest BCUT2D eigenvalue weighted by molar-refractivity contribution is 6.32. The summed E-state index contributed by atoms with van der Waals surface area (Å²) in [6, 6.07) is 0. The van der Waals surface area contributed by atoms with Gasteiger partial charge in [0.05, 0.1) is 6.54 Å². The van der Waals surface area contributed by atoms with Crippen LogP contribution in [0.15, 0.2) is 24.6 Å². The molecule has 0 bridgehead atoms. The number of esters is 1. The molecule has 110 valence electrons. The van der Waals surface area contributed by atoms with Crippen LogP contribution in [0.5, 0.6) is 0 Å². The Hall–Kier alpha value is -2.30. The van der Waals surface area contributed by atoms with E-state index in [2.05, 4.69) is 17.2 Å². The van der Waals surface area contributed by atoms with Crippen molar-refractivity contribution >= 4 is 11.9 Å². The first-order valence-electron chi connectivity index (χ1n) is 5.17. The lowest BCUT2D eigenvalue weighted by molar-refractivity contribution is -0.158. The van der Waals surface area contributed by atoms with Crippen LogP contribution < -0.4 is 0 Å². The fourth-order valence-electron chi connectivity index (χ4n) is 0.982. The summed E-state index contributed by atoms with van der Waals surface area (Å²) in [6.07, 6.45) is 1.11. The highest BCUT2D eigenvalue weighted by Crippen LogP contribution is 2.25. The molecule has 0 saturated carbocycles. The number of amides is 1. The third kappa shape index (κ3) is 6.04. The number of hydrogen-bond donors (Lipinski definition) is 0. The number of halogens is 4. The van der Waals surface area contributed by atoms with Crippen molar-refractivity contribution in [2.45, 2.75) is 6.18 Å². The predicted molar refractivity (Wildman–Crippen MR) is 61.8 cm³/mol. The number of ether oxygens (including phenoxy) is 1. The van der Waals surface area contributed by atoms with Gasteiger partial charge in [0.1, 0.15) is 6.61 Å². The second kappa shape index (κ2) is 7.99. The molecule has 0 rings (SSSR count). The second-order valence-electron chi connectivity index (χ2n) is 3.33. The van der Waals surface area contributed by atoms with Crippen LogP contribution in [-0.4, -0.2) is 42.6 Å². The summed E-state index contributed by atoms with van der Waals surface area (Å²) in [4.78, 5) is 23.6. The molecule has 0 radical (unpaired) electrons. The molecule has 0 unspecified atom stereocenters. The van der Waals surface area contributed by atoms with Crippen LogP contribution in [0.25, 0.3) is 0 Å². The number of allylic oxidation sites excluding steroid dienone is 1. The molecule has 0 aromatic rings. The number of hydrogen-bond acceptors (Lipinski definition) is 3. The third-order valence-corrected chi connectivity index (χ3v) is 1.84. The van der Waals surface area contributed by atoms with Crippen molar-refractivity contribution in [2.24, 2.45) is 0 Å². The minimum Gasteiger partial charge on any atom is -0.454 e. The lowest BCUT2D eigenvalue weighted by atomic mass is 10.4. The van der Waals surface area contributed by atoms with Gasteiger partial charge < -0.3 is 9.64 Å². The molecule has 0 spiro atoms. The first-order chi connectivity index (χ1) is 9.23. The maximum Gasteiger partial charge on any atom is 0.442 e. The molecular weight excluding hydrogens is 282 g/mol. The number of nitrogens with zero attached hydrogens (tertiary/aromatic N) is 1. The zero-order valence-electron chi connectivity index (χ0n) is 10.2. The molecule has 0 aromatic heterocycles. The van der Waals surface area contributed by atoms with Gasteiger partial charge in [0, 0.05) is 6.54 Å². The van der Waals surface area contributed by atoms with E-state index in [1.54, 1.807) is 0 Å². The quantitative estimate of drug-likeness (QED) is 0.254. The number of carbonyl (C=O) groups is 2. The molecule has 0 heterocycles. The Kier molecular flexibility index (Phi) is 7.07. The normalized spacial score (nSPS) is 11.4. The predicted octanol–water partition coefficient (Wildman–Crippen LogP) is 1.59. The van der Waals surface area contributed by atoms with Crippen LogP contribution in [-0.2, 0) is 14.3 Å². The average molecular weight is 293 g/mol. The number of terminal acetylenes is 1. The first kappa shape index (κ1) is 17.7. The monoisotopic (exact) mass is 293 g/mol. The Morgan fingerprint density at radius 3 is 2.45 bits per heavy atom. The van der Waals surface area contributed by atoms with Gasteiger partial charge in [-0.2, -0.15) is 13.2 Å². The number of rotatable bonds is 5. The van der Waals surface area contributed by atoms with Crippen molar-refractivity contribution in [3.05, 3.63) is 24.6 Å².